The predicted octanol–water partition coefficient (Wildman–Crippen LogP) is 9.76. The predicted molar refractivity (Wildman–Crippen MR) is 172 cm³/mol. The molecule has 0 bridgehead atoms. The SMILES string of the molecule is O=P(c1ccccc1)(c1c(F)c(F)c(-c2c(F)c(F)c(P(=O)(c3ccccc3)C3CCCCC3)c(F)c2F)c(F)c1F)C1CCCCC1. The van der Waals surface area contributed by atoms with Crippen molar-refractivity contribution in [3.8, 4) is 11.1 Å². The molecule has 12 heteroatoms. The van der Waals surface area contributed by atoms with E-state index in [4.69, 9.17) is 0 Å². The summed E-state index contributed by atoms with van der Waals surface area (Å²) in [5.74, 6) is -18.2. The molecule has 2 aliphatic rings. The molecule has 2 saturated carbocycles. The van der Waals surface area contributed by atoms with E-state index in [0.29, 0.717) is 25.7 Å². The number of benzene rings is 4. The molecule has 0 heterocycles. The third-order valence-electron chi connectivity index (χ3n) is 9.85. The number of rotatable bonds is 7. The molecule has 0 aromatic heterocycles. The van der Waals surface area contributed by atoms with Crippen molar-refractivity contribution < 1.29 is 44.3 Å². The van der Waals surface area contributed by atoms with Gasteiger partial charge in [-0.05, 0) is 25.7 Å². The van der Waals surface area contributed by atoms with E-state index in [1.54, 1.807) is 12.1 Å². The molecule has 2 atom stereocenters. The van der Waals surface area contributed by atoms with Gasteiger partial charge in [-0.1, -0.05) is 99.2 Å². The second kappa shape index (κ2) is 13.6. The molecule has 0 aliphatic heterocycles. The molecule has 0 N–H and O–H groups in total. The Labute approximate surface area is 273 Å². The van der Waals surface area contributed by atoms with Crippen LogP contribution in [-0.4, -0.2) is 11.3 Å². The molecule has 0 radical (unpaired) electrons. The highest BCUT2D eigenvalue weighted by atomic mass is 31.2. The van der Waals surface area contributed by atoms with E-state index in [1.807, 2.05) is 0 Å². The Hall–Kier alpha value is -3.22. The highest BCUT2D eigenvalue weighted by molar-refractivity contribution is 7.79. The fourth-order valence-corrected chi connectivity index (χ4v) is 14.6. The van der Waals surface area contributed by atoms with E-state index in [0.717, 1.165) is 12.8 Å². The van der Waals surface area contributed by atoms with Crippen LogP contribution in [0.5, 0.6) is 0 Å². The largest absolute Gasteiger partial charge is 0.313 e. The summed E-state index contributed by atoms with van der Waals surface area (Å²) in [5.41, 5.74) is -5.86. The van der Waals surface area contributed by atoms with Gasteiger partial charge in [0.05, 0.1) is 21.7 Å². The van der Waals surface area contributed by atoms with Crippen molar-refractivity contribution in [2.45, 2.75) is 75.5 Å². The maximum atomic E-state index is 16.1. The molecule has 254 valence electrons. The zero-order valence-electron chi connectivity index (χ0n) is 25.7. The van der Waals surface area contributed by atoms with Crippen LogP contribution >= 0.6 is 14.3 Å². The first-order valence-electron chi connectivity index (χ1n) is 16.0. The van der Waals surface area contributed by atoms with Gasteiger partial charge in [-0.2, -0.15) is 0 Å². The molecule has 2 nitrogen and oxygen atoms in total. The summed E-state index contributed by atoms with van der Waals surface area (Å²) < 4.78 is 158. The molecule has 4 aromatic carbocycles. The van der Waals surface area contributed by atoms with Crippen LogP contribution in [0.15, 0.2) is 60.7 Å². The van der Waals surface area contributed by atoms with Gasteiger partial charge in [0.1, 0.15) is 0 Å². The molecule has 2 fully saturated rings. The average Bonchev–Trinajstić information content (AvgIpc) is 3.12. The van der Waals surface area contributed by atoms with Gasteiger partial charge in [0, 0.05) is 21.9 Å². The van der Waals surface area contributed by atoms with Gasteiger partial charge in [-0.3, -0.25) is 0 Å². The molecule has 6 rings (SSSR count). The first kappa shape index (κ1) is 34.6. The van der Waals surface area contributed by atoms with Crippen molar-refractivity contribution in [1.29, 1.82) is 0 Å². The topological polar surface area (TPSA) is 34.1 Å². The molecule has 4 aromatic rings. The summed E-state index contributed by atoms with van der Waals surface area (Å²) in [5, 5.41) is -2.97. The van der Waals surface area contributed by atoms with Crippen LogP contribution in [0.4, 0.5) is 35.1 Å². The summed E-state index contributed by atoms with van der Waals surface area (Å²) in [4.78, 5) is 0. The Bertz CT molecular complexity index is 1740. The van der Waals surface area contributed by atoms with Gasteiger partial charge in [0.15, 0.2) is 60.8 Å². The van der Waals surface area contributed by atoms with E-state index in [1.165, 1.54) is 48.5 Å². The van der Waals surface area contributed by atoms with Gasteiger partial charge < -0.3 is 9.13 Å². The molecule has 0 spiro atoms. The molecule has 0 saturated heterocycles. The van der Waals surface area contributed by atoms with E-state index < -0.39 is 93.9 Å². The van der Waals surface area contributed by atoms with E-state index >= 15 is 35.1 Å². The summed E-state index contributed by atoms with van der Waals surface area (Å²) in [6.45, 7) is 0. The fraction of sp³-hybridized carbons (Fsp3) is 0.333. The molecular formula is C36H32F8O2P2. The van der Waals surface area contributed by atoms with Crippen LogP contribution in [0.25, 0.3) is 11.1 Å². The fourth-order valence-electron chi connectivity index (χ4n) is 7.50. The van der Waals surface area contributed by atoms with E-state index in [-0.39, 0.29) is 36.3 Å². The Balaban J connectivity index is 1.59. The first-order valence-corrected chi connectivity index (χ1v) is 19.5. The van der Waals surface area contributed by atoms with Crippen LogP contribution in [-0.2, 0) is 9.13 Å². The van der Waals surface area contributed by atoms with Gasteiger partial charge in [-0.15, -0.1) is 0 Å². The highest BCUT2D eigenvalue weighted by Gasteiger charge is 2.47. The van der Waals surface area contributed by atoms with Crippen molar-refractivity contribution in [3.63, 3.8) is 0 Å². The van der Waals surface area contributed by atoms with Crippen LogP contribution in [0.3, 0.4) is 0 Å². The van der Waals surface area contributed by atoms with Crippen molar-refractivity contribution in [1.82, 2.24) is 0 Å². The molecule has 48 heavy (non-hydrogen) atoms. The second-order valence-electron chi connectivity index (χ2n) is 12.5. The van der Waals surface area contributed by atoms with Crippen molar-refractivity contribution in [3.05, 3.63) is 107 Å². The lowest BCUT2D eigenvalue weighted by Gasteiger charge is -2.32. The van der Waals surface area contributed by atoms with E-state index in [9.17, 15) is 9.13 Å². The lowest BCUT2D eigenvalue weighted by Crippen LogP contribution is -2.34. The third kappa shape index (κ3) is 5.48. The Morgan fingerprint density at radius 2 is 0.667 bits per heavy atom. The summed E-state index contributed by atoms with van der Waals surface area (Å²) in [6.07, 6.45) is 4.62. The Morgan fingerprint density at radius 1 is 0.396 bits per heavy atom. The highest BCUT2D eigenvalue weighted by Crippen LogP contribution is 2.57. The zero-order chi connectivity index (χ0) is 34.4. The Morgan fingerprint density at radius 3 is 0.938 bits per heavy atom. The van der Waals surface area contributed by atoms with Crippen LogP contribution < -0.4 is 21.2 Å². The second-order valence-corrected chi connectivity index (χ2v) is 18.5. The minimum atomic E-state index is -4.47. The molecule has 2 unspecified atom stereocenters. The van der Waals surface area contributed by atoms with Crippen molar-refractivity contribution >= 4 is 35.5 Å². The van der Waals surface area contributed by atoms with Crippen molar-refractivity contribution in [2.24, 2.45) is 0 Å². The van der Waals surface area contributed by atoms with Gasteiger partial charge >= 0.3 is 0 Å². The quantitative estimate of drug-likeness (QED) is 0.109. The van der Waals surface area contributed by atoms with Gasteiger partial charge in [0.25, 0.3) is 0 Å². The smallest absolute Gasteiger partial charge is 0.173 e. The number of hydrogen-bond donors (Lipinski definition) is 0. The van der Waals surface area contributed by atoms with E-state index in [2.05, 4.69) is 0 Å². The molecule has 2 aliphatic carbocycles. The monoisotopic (exact) mass is 710 g/mol. The average molecular weight is 711 g/mol. The van der Waals surface area contributed by atoms with Crippen molar-refractivity contribution in [2.75, 3.05) is 0 Å². The third-order valence-corrected chi connectivity index (χ3v) is 17.2. The zero-order valence-corrected chi connectivity index (χ0v) is 27.5. The van der Waals surface area contributed by atoms with Gasteiger partial charge in [0.2, 0.25) is 0 Å². The first-order chi connectivity index (χ1) is 23.0. The molecular weight excluding hydrogens is 678 g/mol. The van der Waals surface area contributed by atoms with Gasteiger partial charge in [-0.25, -0.2) is 35.1 Å². The maximum absolute atomic E-state index is 16.1. The lowest BCUT2D eigenvalue weighted by molar-refractivity contribution is 0.446. The molecule has 0 amide bonds. The minimum Gasteiger partial charge on any atom is -0.313 e. The summed E-state index contributed by atoms with van der Waals surface area (Å²) in [6, 6.07) is 14.2. The standard InChI is InChI=1S/C36H32F8O2P2/c37-27-25(28(38)32(42)35(31(27)41)47(45,21-13-5-1-6-14-21)22-15-7-2-8-16-22)26-29(39)33(43)36(34(44)30(26)40)48(46,23-17-9-3-10-18-23)24-19-11-4-12-20-24/h1,3,5-6,9-10,13-14,17-18,22,24H,2,4,7-8,11-12,15-16,19-20H2. The van der Waals surface area contributed by atoms with Crippen LogP contribution in [0.1, 0.15) is 64.2 Å². The lowest BCUT2D eigenvalue weighted by atomic mass is 10.0. The minimum absolute atomic E-state index is 0.0700. The normalized spacial score (nSPS) is 18.8. The number of hydrogen-bond acceptors (Lipinski definition) is 2. The number of halogens is 8. The van der Waals surface area contributed by atoms with Crippen LogP contribution in [0.2, 0.25) is 0 Å². The summed E-state index contributed by atoms with van der Waals surface area (Å²) >= 11 is 0. The van der Waals surface area contributed by atoms with Crippen LogP contribution in [0, 0.1) is 46.5 Å². The maximum Gasteiger partial charge on any atom is 0.173 e. The Kier molecular flexibility index (Phi) is 9.81. The summed E-state index contributed by atoms with van der Waals surface area (Å²) in [7, 11) is -8.93.